The van der Waals surface area contributed by atoms with Crippen molar-refractivity contribution in [1.82, 2.24) is 0 Å². The Labute approximate surface area is 190 Å². The summed E-state index contributed by atoms with van der Waals surface area (Å²) in [7, 11) is -4.16. The number of amides is 1. The number of anilines is 2. The quantitative estimate of drug-likeness (QED) is 0.383. The van der Waals surface area contributed by atoms with Crippen molar-refractivity contribution < 1.29 is 22.4 Å². The number of hydrogen-bond donors (Lipinski definition) is 1. The van der Waals surface area contributed by atoms with Gasteiger partial charge in [-0.3, -0.25) is 13.9 Å². The molecule has 1 amide bonds. The molecule has 0 aliphatic heterocycles. The third kappa shape index (κ3) is 5.54. The molecule has 0 aliphatic rings. The molecule has 0 atom stereocenters. The van der Waals surface area contributed by atoms with Crippen LogP contribution in [0.25, 0.3) is 0 Å². The Morgan fingerprint density at radius 2 is 1.69 bits per heavy atom. The fourth-order valence-electron chi connectivity index (χ4n) is 2.97. The van der Waals surface area contributed by atoms with Crippen LogP contribution < -0.4 is 9.62 Å². The van der Waals surface area contributed by atoms with Gasteiger partial charge in [0.25, 0.3) is 10.0 Å². The maximum Gasteiger partial charge on any atom is 0.264 e. The maximum absolute atomic E-state index is 13.9. The van der Waals surface area contributed by atoms with Crippen LogP contribution in [0.1, 0.15) is 17.3 Å². The molecule has 3 rings (SSSR count). The predicted molar refractivity (Wildman–Crippen MR) is 124 cm³/mol. The summed E-state index contributed by atoms with van der Waals surface area (Å²) in [5.41, 5.74) is 0.779. The molecule has 0 heterocycles. The van der Waals surface area contributed by atoms with Crippen molar-refractivity contribution in [2.24, 2.45) is 0 Å². The molecule has 0 bridgehead atoms. The zero-order valence-electron chi connectivity index (χ0n) is 17.4. The Morgan fingerprint density at radius 3 is 2.31 bits per heavy atom. The number of ketones is 1. The van der Waals surface area contributed by atoms with Crippen molar-refractivity contribution in [3.63, 3.8) is 0 Å². The van der Waals surface area contributed by atoms with Crippen molar-refractivity contribution in [1.29, 1.82) is 0 Å². The first-order valence-corrected chi connectivity index (χ1v) is 12.2. The molecule has 0 aromatic heterocycles. The highest BCUT2D eigenvalue weighted by Gasteiger charge is 2.27. The fraction of sp³-hybridized carbons (Fsp3) is 0.130. The van der Waals surface area contributed by atoms with Gasteiger partial charge in [-0.05, 0) is 67.8 Å². The van der Waals surface area contributed by atoms with Gasteiger partial charge >= 0.3 is 0 Å². The van der Waals surface area contributed by atoms with Gasteiger partial charge in [-0.1, -0.05) is 18.2 Å². The number of carbonyl (C=O) groups excluding carboxylic acids is 2. The summed E-state index contributed by atoms with van der Waals surface area (Å²) in [6.07, 6.45) is 1.87. The van der Waals surface area contributed by atoms with Gasteiger partial charge in [-0.25, -0.2) is 12.8 Å². The first-order chi connectivity index (χ1) is 15.2. The topological polar surface area (TPSA) is 83.6 Å². The van der Waals surface area contributed by atoms with Crippen molar-refractivity contribution in [3.8, 4) is 0 Å². The normalized spacial score (nSPS) is 11.1. The van der Waals surface area contributed by atoms with E-state index in [4.69, 9.17) is 0 Å². The summed E-state index contributed by atoms with van der Waals surface area (Å²) in [4.78, 5) is 25.2. The van der Waals surface area contributed by atoms with Crippen LogP contribution in [0.4, 0.5) is 15.8 Å². The average Bonchev–Trinajstić information content (AvgIpc) is 2.77. The zero-order valence-corrected chi connectivity index (χ0v) is 19.0. The summed E-state index contributed by atoms with van der Waals surface area (Å²) < 4.78 is 41.4. The van der Waals surface area contributed by atoms with Crippen LogP contribution in [0.3, 0.4) is 0 Å². The Morgan fingerprint density at radius 1 is 1.00 bits per heavy atom. The number of rotatable bonds is 8. The second-order valence-corrected chi connectivity index (χ2v) is 9.59. The first kappa shape index (κ1) is 23.5. The van der Waals surface area contributed by atoms with Crippen LogP contribution in [0.2, 0.25) is 0 Å². The molecule has 0 saturated heterocycles. The first-order valence-electron chi connectivity index (χ1n) is 9.54. The van der Waals surface area contributed by atoms with E-state index in [0.717, 1.165) is 15.3 Å². The van der Waals surface area contributed by atoms with E-state index in [1.54, 1.807) is 30.3 Å². The van der Waals surface area contributed by atoms with Crippen LogP contribution in [0, 0.1) is 5.82 Å². The maximum atomic E-state index is 13.9. The lowest BCUT2D eigenvalue weighted by Gasteiger charge is -2.24. The zero-order chi connectivity index (χ0) is 23.3. The van der Waals surface area contributed by atoms with Crippen LogP contribution in [-0.2, 0) is 14.8 Å². The van der Waals surface area contributed by atoms with Gasteiger partial charge in [0.05, 0.1) is 10.6 Å². The highest BCUT2D eigenvalue weighted by Crippen LogP contribution is 2.26. The molecule has 32 heavy (non-hydrogen) atoms. The van der Waals surface area contributed by atoms with Crippen LogP contribution in [-0.4, -0.2) is 32.9 Å². The van der Waals surface area contributed by atoms with Crippen LogP contribution in [0.15, 0.2) is 82.6 Å². The fourth-order valence-corrected chi connectivity index (χ4v) is 4.79. The Hall–Kier alpha value is -3.17. The lowest BCUT2D eigenvalue weighted by molar-refractivity contribution is -0.114. The number of nitrogens with one attached hydrogen (secondary N) is 1. The molecule has 0 radical (unpaired) electrons. The number of carbonyl (C=O) groups is 2. The molecule has 1 N–H and O–H groups in total. The van der Waals surface area contributed by atoms with Crippen LogP contribution in [0.5, 0.6) is 0 Å². The predicted octanol–water partition coefficient (Wildman–Crippen LogP) is 4.58. The minimum atomic E-state index is -4.16. The third-order valence-electron chi connectivity index (χ3n) is 4.58. The molecule has 9 heteroatoms. The molecular formula is C23H21FN2O4S2. The van der Waals surface area contributed by atoms with Gasteiger partial charge < -0.3 is 5.32 Å². The van der Waals surface area contributed by atoms with Crippen molar-refractivity contribution in [2.45, 2.75) is 16.7 Å². The largest absolute Gasteiger partial charge is 0.324 e. The summed E-state index contributed by atoms with van der Waals surface area (Å²) in [5, 5.41) is 2.60. The minimum Gasteiger partial charge on any atom is -0.324 e. The standard InChI is InChI=1S/C23H21FN2O4S2/c1-16(27)17-5-3-7-19(13-17)25-23(28)15-26(20-8-4-6-18(24)14-20)32(29,30)22-11-9-21(31-2)10-12-22/h3-14H,15H2,1-2H3,(H,25,28). The summed E-state index contributed by atoms with van der Waals surface area (Å²) in [5.74, 6) is -1.44. The second-order valence-electron chi connectivity index (χ2n) is 6.85. The number of sulfonamides is 1. The molecule has 0 fully saturated rings. The second kappa shape index (κ2) is 9.97. The average molecular weight is 473 g/mol. The van der Waals surface area contributed by atoms with Gasteiger partial charge in [-0.2, -0.15) is 0 Å². The number of hydrogen-bond acceptors (Lipinski definition) is 5. The molecule has 3 aromatic carbocycles. The molecule has 0 unspecified atom stereocenters. The van der Waals surface area contributed by atoms with Gasteiger partial charge in [-0.15, -0.1) is 11.8 Å². The third-order valence-corrected chi connectivity index (χ3v) is 7.12. The molecule has 6 nitrogen and oxygen atoms in total. The van der Waals surface area contributed by atoms with E-state index in [0.29, 0.717) is 11.3 Å². The SMILES string of the molecule is CSc1ccc(S(=O)(=O)N(CC(=O)Nc2cccc(C(C)=O)c2)c2cccc(F)c2)cc1. The van der Waals surface area contributed by atoms with Gasteiger partial charge in [0.2, 0.25) is 5.91 Å². The van der Waals surface area contributed by atoms with E-state index in [9.17, 15) is 22.4 Å². The Bertz CT molecular complexity index is 1240. The number of halogens is 1. The Balaban J connectivity index is 1.93. The number of Topliss-reactive ketones (excluding diaryl/α,β-unsaturated/α-hetero) is 1. The number of thioether (sulfide) groups is 1. The van der Waals surface area contributed by atoms with Crippen molar-refractivity contribution in [3.05, 3.63) is 84.2 Å². The van der Waals surface area contributed by atoms with Crippen molar-refractivity contribution >= 4 is 44.9 Å². The summed E-state index contributed by atoms with van der Waals surface area (Å²) in [6, 6.07) is 17.6. The summed E-state index contributed by atoms with van der Waals surface area (Å²) in [6.45, 7) is 0.821. The number of benzene rings is 3. The smallest absolute Gasteiger partial charge is 0.264 e. The molecule has 0 aliphatic carbocycles. The van der Waals surface area contributed by atoms with Gasteiger partial charge in [0, 0.05) is 16.1 Å². The monoisotopic (exact) mass is 472 g/mol. The molecule has 3 aromatic rings. The minimum absolute atomic E-state index is 0.0200. The van der Waals surface area contributed by atoms with E-state index < -0.39 is 28.3 Å². The van der Waals surface area contributed by atoms with Gasteiger partial charge in [0.15, 0.2) is 5.78 Å². The molecule has 0 spiro atoms. The lowest BCUT2D eigenvalue weighted by Crippen LogP contribution is -2.38. The van der Waals surface area contributed by atoms with E-state index in [1.165, 1.54) is 55.1 Å². The van der Waals surface area contributed by atoms with E-state index in [1.807, 2.05) is 6.26 Å². The van der Waals surface area contributed by atoms with E-state index in [-0.39, 0.29) is 16.4 Å². The molecule has 0 saturated carbocycles. The molecular weight excluding hydrogens is 451 g/mol. The van der Waals surface area contributed by atoms with E-state index in [2.05, 4.69) is 5.32 Å². The van der Waals surface area contributed by atoms with Crippen molar-refractivity contribution in [2.75, 3.05) is 22.4 Å². The molecule has 166 valence electrons. The Kier molecular flexibility index (Phi) is 7.32. The lowest BCUT2D eigenvalue weighted by atomic mass is 10.1. The summed E-state index contributed by atoms with van der Waals surface area (Å²) >= 11 is 1.46. The van der Waals surface area contributed by atoms with Gasteiger partial charge in [0.1, 0.15) is 12.4 Å². The highest BCUT2D eigenvalue weighted by atomic mass is 32.2. The van der Waals surface area contributed by atoms with Crippen LogP contribution >= 0.6 is 11.8 Å². The van der Waals surface area contributed by atoms with E-state index >= 15 is 0 Å². The highest BCUT2D eigenvalue weighted by molar-refractivity contribution is 7.98. The number of nitrogens with zero attached hydrogens (tertiary/aromatic N) is 1.